The van der Waals surface area contributed by atoms with Crippen LogP contribution in [0, 0.1) is 5.82 Å². The van der Waals surface area contributed by atoms with E-state index in [2.05, 4.69) is 31.9 Å². The van der Waals surface area contributed by atoms with Crippen LogP contribution >= 0.6 is 43.2 Å². The molecule has 0 saturated heterocycles. The predicted molar refractivity (Wildman–Crippen MR) is 91.5 cm³/mol. The molecule has 6 heteroatoms. The summed E-state index contributed by atoms with van der Waals surface area (Å²) in [5.41, 5.74) is 1.25. The Bertz CT molecular complexity index is 659. The van der Waals surface area contributed by atoms with Crippen molar-refractivity contribution in [2.24, 2.45) is 0 Å². The minimum Gasteiger partial charge on any atom is -0.293 e. The van der Waals surface area contributed by atoms with Gasteiger partial charge in [-0.25, -0.2) is 4.39 Å². The Morgan fingerprint density at radius 1 is 1.38 bits per heavy atom. The lowest BCUT2D eigenvalue weighted by atomic mass is 10.1. The number of ketones is 1. The van der Waals surface area contributed by atoms with Crippen LogP contribution in [0.2, 0.25) is 0 Å². The van der Waals surface area contributed by atoms with Gasteiger partial charge < -0.3 is 0 Å². The molecule has 112 valence electrons. The van der Waals surface area contributed by atoms with E-state index in [0.29, 0.717) is 11.1 Å². The SMILES string of the molecule is CC(c1ccccc1F)N(C)CC(=O)c1cc(Br)sc1Br. The number of Topliss-reactive ketones (excluding diaryl/α,β-unsaturated/α-hetero) is 1. The second-order valence-electron chi connectivity index (χ2n) is 4.77. The standard InChI is InChI=1S/C15H14Br2FNOS/c1-9(10-5-3-4-6-12(10)18)19(2)8-13(20)11-7-14(16)21-15(11)17/h3-7,9H,8H2,1-2H3. The smallest absolute Gasteiger partial charge is 0.178 e. The van der Waals surface area contributed by atoms with Gasteiger partial charge in [-0.05, 0) is 58.0 Å². The number of hydrogen-bond donors (Lipinski definition) is 0. The van der Waals surface area contributed by atoms with Crippen LogP contribution in [0.25, 0.3) is 0 Å². The number of likely N-dealkylation sites (N-methyl/N-ethyl adjacent to an activating group) is 1. The van der Waals surface area contributed by atoms with E-state index in [1.807, 2.05) is 18.9 Å². The van der Waals surface area contributed by atoms with E-state index in [9.17, 15) is 9.18 Å². The fourth-order valence-corrected chi connectivity index (χ4v) is 4.89. The molecular formula is C15H14Br2FNOS. The van der Waals surface area contributed by atoms with Crippen molar-refractivity contribution in [2.75, 3.05) is 13.6 Å². The molecule has 0 aliphatic heterocycles. The molecule has 0 bridgehead atoms. The van der Waals surface area contributed by atoms with Gasteiger partial charge in [-0.2, -0.15) is 0 Å². The van der Waals surface area contributed by atoms with Crippen LogP contribution in [0.15, 0.2) is 37.9 Å². The maximum absolute atomic E-state index is 13.8. The third-order valence-corrected chi connectivity index (χ3v) is 5.71. The van der Waals surface area contributed by atoms with Crippen molar-refractivity contribution < 1.29 is 9.18 Å². The summed E-state index contributed by atoms with van der Waals surface area (Å²) in [6.07, 6.45) is 0. The molecule has 0 saturated carbocycles. The van der Waals surface area contributed by atoms with Crippen molar-refractivity contribution >= 4 is 49.0 Å². The number of carbonyl (C=O) groups excluding carboxylic acids is 1. The molecule has 1 aromatic heterocycles. The highest BCUT2D eigenvalue weighted by atomic mass is 79.9. The van der Waals surface area contributed by atoms with Gasteiger partial charge in [0.2, 0.25) is 0 Å². The first-order chi connectivity index (χ1) is 9.90. The third kappa shape index (κ3) is 4.00. The van der Waals surface area contributed by atoms with Crippen LogP contribution in [-0.4, -0.2) is 24.3 Å². The topological polar surface area (TPSA) is 20.3 Å². The molecule has 0 radical (unpaired) electrons. The summed E-state index contributed by atoms with van der Waals surface area (Å²) < 4.78 is 15.5. The van der Waals surface area contributed by atoms with Crippen molar-refractivity contribution in [3.8, 4) is 0 Å². The van der Waals surface area contributed by atoms with Crippen LogP contribution in [-0.2, 0) is 0 Å². The first kappa shape index (κ1) is 16.8. The third-order valence-electron chi connectivity index (χ3n) is 3.37. The summed E-state index contributed by atoms with van der Waals surface area (Å²) in [6, 6.07) is 8.29. The number of thiophene rings is 1. The van der Waals surface area contributed by atoms with Crippen molar-refractivity contribution in [3.05, 3.63) is 54.8 Å². The second-order valence-corrected chi connectivity index (χ2v) is 8.52. The van der Waals surface area contributed by atoms with E-state index >= 15 is 0 Å². The van der Waals surface area contributed by atoms with Gasteiger partial charge in [0, 0.05) is 17.2 Å². The van der Waals surface area contributed by atoms with Crippen LogP contribution in [0.3, 0.4) is 0 Å². The summed E-state index contributed by atoms with van der Waals surface area (Å²) in [4.78, 5) is 14.2. The molecule has 21 heavy (non-hydrogen) atoms. The first-order valence-electron chi connectivity index (χ1n) is 6.33. The molecule has 0 aliphatic carbocycles. The molecule has 1 atom stereocenters. The van der Waals surface area contributed by atoms with Gasteiger partial charge in [-0.15, -0.1) is 11.3 Å². The Balaban J connectivity index is 2.11. The van der Waals surface area contributed by atoms with E-state index in [4.69, 9.17) is 0 Å². The Morgan fingerprint density at radius 3 is 2.62 bits per heavy atom. The largest absolute Gasteiger partial charge is 0.293 e. The fourth-order valence-electron chi connectivity index (χ4n) is 2.03. The fraction of sp³-hybridized carbons (Fsp3) is 0.267. The maximum Gasteiger partial charge on any atom is 0.178 e. The quantitative estimate of drug-likeness (QED) is 0.596. The Hall–Kier alpha value is -0.560. The van der Waals surface area contributed by atoms with Crippen LogP contribution in [0.1, 0.15) is 28.9 Å². The highest BCUT2D eigenvalue weighted by molar-refractivity contribution is 9.12. The van der Waals surface area contributed by atoms with E-state index in [0.717, 1.165) is 7.57 Å². The zero-order chi connectivity index (χ0) is 15.6. The number of rotatable bonds is 5. The van der Waals surface area contributed by atoms with E-state index in [1.54, 1.807) is 24.3 Å². The normalized spacial score (nSPS) is 12.7. The van der Waals surface area contributed by atoms with Crippen molar-refractivity contribution in [1.82, 2.24) is 4.90 Å². The van der Waals surface area contributed by atoms with Crippen molar-refractivity contribution in [1.29, 1.82) is 0 Å². The van der Waals surface area contributed by atoms with Gasteiger partial charge in [-0.1, -0.05) is 18.2 Å². The molecule has 2 nitrogen and oxygen atoms in total. The van der Waals surface area contributed by atoms with Crippen LogP contribution in [0.5, 0.6) is 0 Å². The number of nitrogens with zero attached hydrogens (tertiary/aromatic N) is 1. The van der Waals surface area contributed by atoms with Crippen LogP contribution in [0.4, 0.5) is 4.39 Å². The average molecular weight is 435 g/mol. The summed E-state index contributed by atoms with van der Waals surface area (Å²) in [5.74, 6) is -0.238. The number of benzene rings is 1. The summed E-state index contributed by atoms with van der Waals surface area (Å²) in [7, 11) is 1.82. The zero-order valence-corrected chi connectivity index (χ0v) is 15.6. The molecule has 2 rings (SSSR count). The summed E-state index contributed by atoms with van der Waals surface area (Å²) in [5, 5.41) is 0. The number of halogens is 3. The lowest BCUT2D eigenvalue weighted by Crippen LogP contribution is -2.29. The molecule has 1 unspecified atom stereocenters. The van der Waals surface area contributed by atoms with Gasteiger partial charge in [0.25, 0.3) is 0 Å². The molecular weight excluding hydrogens is 421 g/mol. The summed E-state index contributed by atoms with van der Waals surface area (Å²) in [6.45, 7) is 2.13. The van der Waals surface area contributed by atoms with Crippen LogP contribution < -0.4 is 0 Å². The van der Waals surface area contributed by atoms with E-state index in [1.165, 1.54) is 17.4 Å². The Kier molecular flexibility index (Phi) is 5.71. The number of hydrogen-bond acceptors (Lipinski definition) is 3. The van der Waals surface area contributed by atoms with Gasteiger partial charge in [-0.3, -0.25) is 9.69 Å². The zero-order valence-electron chi connectivity index (χ0n) is 11.6. The average Bonchev–Trinajstić information content (AvgIpc) is 2.77. The van der Waals surface area contributed by atoms with Crippen molar-refractivity contribution in [3.63, 3.8) is 0 Å². The second kappa shape index (κ2) is 7.13. The lowest BCUT2D eigenvalue weighted by molar-refractivity contribution is 0.0923. The van der Waals surface area contributed by atoms with Crippen molar-refractivity contribution in [2.45, 2.75) is 13.0 Å². The monoisotopic (exact) mass is 433 g/mol. The van der Waals surface area contributed by atoms with Gasteiger partial charge in [0.1, 0.15) is 5.82 Å². The molecule has 0 spiro atoms. The number of carbonyl (C=O) groups is 1. The Morgan fingerprint density at radius 2 is 2.05 bits per heavy atom. The molecule has 0 N–H and O–H groups in total. The highest BCUT2D eigenvalue weighted by Crippen LogP contribution is 2.32. The Labute approximate surface area is 144 Å². The van der Waals surface area contributed by atoms with Gasteiger partial charge in [0.15, 0.2) is 5.78 Å². The molecule has 1 heterocycles. The van der Waals surface area contributed by atoms with E-state index in [-0.39, 0.29) is 24.2 Å². The summed E-state index contributed by atoms with van der Waals surface area (Å²) >= 11 is 8.22. The van der Waals surface area contributed by atoms with Gasteiger partial charge in [0.05, 0.1) is 14.1 Å². The molecule has 0 aliphatic rings. The van der Waals surface area contributed by atoms with E-state index < -0.39 is 0 Å². The first-order valence-corrected chi connectivity index (χ1v) is 8.73. The molecule has 0 amide bonds. The molecule has 0 fully saturated rings. The minimum absolute atomic E-state index is 0.00881. The lowest BCUT2D eigenvalue weighted by Gasteiger charge is -2.24. The highest BCUT2D eigenvalue weighted by Gasteiger charge is 2.20. The minimum atomic E-state index is -0.247. The predicted octanol–water partition coefficient (Wildman–Crippen LogP) is 5.29. The maximum atomic E-state index is 13.8. The van der Waals surface area contributed by atoms with Gasteiger partial charge >= 0.3 is 0 Å². The molecule has 2 aromatic rings. The molecule has 1 aromatic carbocycles.